The first-order valence-electron chi connectivity index (χ1n) is 7.86. The molecule has 0 spiro atoms. The van der Waals surface area contributed by atoms with Gasteiger partial charge >= 0.3 is 6.36 Å². The molecule has 0 fully saturated rings. The number of benzene rings is 3. The zero-order valence-corrected chi connectivity index (χ0v) is 16.0. The number of phenolic OH excluding ortho intramolecular Hbond substituents is 1. The van der Waals surface area contributed by atoms with Crippen molar-refractivity contribution < 1.29 is 27.8 Å². The predicted molar refractivity (Wildman–Crippen MR) is 104 cm³/mol. The molecule has 0 saturated carbocycles. The van der Waals surface area contributed by atoms with Gasteiger partial charge in [-0.05, 0) is 75.7 Å². The molecule has 0 unspecified atom stereocenters. The van der Waals surface area contributed by atoms with E-state index in [-0.39, 0.29) is 11.5 Å². The average Bonchev–Trinajstić information content (AvgIpc) is 2.61. The van der Waals surface area contributed by atoms with Crippen LogP contribution in [0.4, 0.5) is 13.2 Å². The Hall–Kier alpha value is -2.42. The minimum absolute atomic E-state index is 0.0476. The van der Waals surface area contributed by atoms with Crippen molar-refractivity contribution >= 4 is 22.6 Å². The molecule has 0 atom stereocenters. The Morgan fingerprint density at radius 1 is 0.852 bits per heavy atom. The van der Waals surface area contributed by atoms with Crippen molar-refractivity contribution in [2.75, 3.05) is 0 Å². The van der Waals surface area contributed by atoms with Crippen LogP contribution in [-0.4, -0.2) is 11.5 Å². The third-order valence-electron chi connectivity index (χ3n) is 3.69. The lowest BCUT2D eigenvalue weighted by Gasteiger charge is -2.11. The second-order valence-electron chi connectivity index (χ2n) is 5.67. The van der Waals surface area contributed by atoms with Gasteiger partial charge in [-0.3, -0.25) is 0 Å². The van der Waals surface area contributed by atoms with Crippen LogP contribution in [0.3, 0.4) is 0 Å². The number of hydrogen-bond acceptors (Lipinski definition) is 3. The maximum atomic E-state index is 12.2. The van der Waals surface area contributed by atoms with E-state index in [1.54, 1.807) is 12.1 Å². The van der Waals surface area contributed by atoms with Crippen molar-refractivity contribution in [3.05, 3.63) is 75.9 Å². The highest BCUT2D eigenvalue weighted by atomic mass is 127. The Kier molecular flexibility index (Phi) is 5.79. The van der Waals surface area contributed by atoms with Gasteiger partial charge in [0.25, 0.3) is 0 Å². The maximum absolute atomic E-state index is 12.2. The molecule has 27 heavy (non-hydrogen) atoms. The molecule has 3 rings (SSSR count). The zero-order chi connectivity index (χ0) is 19.4. The summed E-state index contributed by atoms with van der Waals surface area (Å²) in [7, 11) is 0. The first kappa shape index (κ1) is 19.3. The van der Waals surface area contributed by atoms with E-state index < -0.39 is 6.36 Å². The highest BCUT2D eigenvalue weighted by molar-refractivity contribution is 14.1. The molecule has 1 N–H and O–H groups in total. The van der Waals surface area contributed by atoms with Gasteiger partial charge in [0, 0.05) is 3.57 Å². The number of alkyl halides is 3. The fourth-order valence-electron chi connectivity index (χ4n) is 2.41. The van der Waals surface area contributed by atoms with Gasteiger partial charge in [0.05, 0.1) is 0 Å². The predicted octanol–water partition coefficient (Wildman–Crippen LogP) is 6.14. The van der Waals surface area contributed by atoms with Crippen molar-refractivity contribution in [1.82, 2.24) is 0 Å². The molecule has 0 aliphatic heterocycles. The summed E-state index contributed by atoms with van der Waals surface area (Å²) in [6.45, 7) is 0.313. The zero-order valence-electron chi connectivity index (χ0n) is 13.8. The minimum atomic E-state index is -4.73. The van der Waals surface area contributed by atoms with Crippen LogP contribution in [-0.2, 0) is 6.61 Å². The van der Waals surface area contributed by atoms with Crippen LogP contribution < -0.4 is 9.47 Å². The van der Waals surface area contributed by atoms with Gasteiger partial charge < -0.3 is 14.6 Å². The molecule has 3 nitrogen and oxygen atoms in total. The first-order chi connectivity index (χ1) is 12.8. The van der Waals surface area contributed by atoms with Crippen LogP contribution in [0.5, 0.6) is 17.2 Å². The topological polar surface area (TPSA) is 38.7 Å². The highest BCUT2D eigenvalue weighted by Crippen LogP contribution is 2.33. The number of hydrogen-bond donors (Lipinski definition) is 1. The van der Waals surface area contributed by atoms with Gasteiger partial charge in [0.1, 0.15) is 12.4 Å². The van der Waals surface area contributed by atoms with E-state index in [0.717, 1.165) is 9.13 Å². The van der Waals surface area contributed by atoms with Crippen LogP contribution in [0.1, 0.15) is 5.56 Å². The van der Waals surface area contributed by atoms with Crippen molar-refractivity contribution in [3.8, 4) is 28.4 Å². The van der Waals surface area contributed by atoms with Gasteiger partial charge in [-0.25, -0.2) is 0 Å². The van der Waals surface area contributed by atoms with Gasteiger partial charge in [-0.2, -0.15) is 0 Å². The summed E-state index contributed by atoms with van der Waals surface area (Å²) in [6, 6.07) is 18.1. The standard InChI is InChI=1S/C20H14F3IO3/c21-20(22,23)27-17-8-3-14(4-9-17)15-5-10-19(18(25)11-15)26-12-13-1-6-16(24)7-2-13/h1-11,25H,12H2. The quantitative estimate of drug-likeness (QED) is 0.441. The van der Waals surface area contributed by atoms with E-state index in [1.807, 2.05) is 24.3 Å². The lowest BCUT2D eigenvalue weighted by Crippen LogP contribution is -2.16. The van der Waals surface area contributed by atoms with Crippen LogP contribution in [0.25, 0.3) is 11.1 Å². The monoisotopic (exact) mass is 486 g/mol. The van der Waals surface area contributed by atoms with Crippen LogP contribution >= 0.6 is 22.6 Å². The third kappa shape index (κ3) is 5.53. The van der Waals surface area contributed by atoms with Crippen molar-refractivity contribution in [1.29, 1.82) is 0 Å². The fourth-order valence-corrected chi connectivity index (χ4v) is 2.77. The summed E-state index contributed by atoms with van der Waals surface area (Å²) in [5, 5.41) is 10.2. The minimum Gasteiger partial charge on any atom is -0.504 e. The molecular weight excluding hydrogens is 472 g/mol. The third-order valence-corrected chi connectivity index (χ3v) is 4.41. The smallest absolute Gasteiger partial charge is 0.504 e. The number of ether oxygens (including phenoxy) is 2. The van der Waals surface area contributed by atoms with Gasteiger partial charge in [0.15, 0.2) is 11.5 Å². The van der Waals surface area contributed by atoms with E-state index >= 15 is 0 Å². The average molecular weight is 486 g/mol. The summed E-state index contributed by atoms with van der Waals surface area (Å²) in [6.07, 6.45) is -4.73. The van der Waals surface area contributed by atoms with Crippen molar-refractivity contribution in [2.45, 2.75) is 13.0 Å². The summed E-state index contributed by atoms with van der Waals surface area (Å²) in [4.78, 5) is 0. The lowest BCUT2D eigenvalue weighted by molar-refractivity contribution is -0.274. The normalized spacial score (nSPS) is 11.3. The van der Waals surface area contributed by atoms with Gasteiger partial charge in [0.2, 0.25) is 0 Å². The molecule has 3 aromatic carbocycles. The largest absolute Gasteiger partial charge is 0.573 e. The maximum Gasteiger partial charge on any atom is 0.573 e. The Morgan fingerprint density at radius 2 is 1.48 bits per heavy atom. The molecule has 3 aromatic rings. The first-order valence-corrected chi connectivity index (χ1v) is 8.94. The summed E-state index contributed by atoms with van der Waals surface area (Å²) >= 11 is 2.21. The summed E-state index contributed by atoms with van der Waals surface area (Å²) in [5.41, 5.74) is 2.26. The molecule has 0 bridgehead atoms. The Balaban J connectivity index is 1.69. The van der Waals surface area contributed by atoms with E-state index in [0.29, 0.717) is 23.5 Å². The van der Waals surface area contributed by atoms with Gasteiger partial charge in [-0.15, -0.1) is 13.2 Å². The molecule has 0 heterocycles. The number of phenols is 1. The second kappa shape index (κ2) is 8.08. The Morgan fingerprint density at radius 3 is 2.07 bits per heavy atom. The molecule has 0 radical (unpaired) electrons. The summed E-state index contributed by atoms with van der Waals surface area (Å²) in [5.74, 6) is -0.0177. The molecule has 0 aliphatic rings. The number of halogens is 4. The van der Waals surface area contributed by atoms with Crippen LogP contribution in [0.15, 0.2) is 66.7 Å². The van der Waals surface area contributed by atoms with Crippen molar-refractivity contribution in [3.63, 3.8) is 0 Å². The van der Waals surface area contributed by atoms with Crippen LogP contribution in [0.2, 0.25) is 0 Å². The molecule has 7 heteroatoms. The fraction of sp³-hybridized carbons (Fsp3) is 0.100. The molecule has 0 amide bonds. The van der Waals surface area contributed by atoms with E-state index in [9.17, 15) is 18.3 Å². The number of rotatable bonds is 5. The van der Waals surface area contributed by atoms with E-state index in [2.05, 4.69) is 27.3 Å². The molecule has 0 aliphatic carbocycles. The highest BCUT2D eigenvalue weighted by Gasteiger charge is 2.30. The number of aromatic hydroxyl groups is 1. The molecular formula is C20H14F3IO3. The van der Waals surface area contributed by atoms with Gasteiger partial charge in [-0.1, -0.05) is 30.3 Å². The lowest BCUT2D eigenvalue weighted by atomic mass is 10.1. The summed E-state index contributed by atoms with van der Waals surface area (Å²) < 4.78 is 47.2. The molecule has 140 valence electrons. The Labute approximate surface area is 167 Å². The Bertz CT molecular complexity index is 907. The molecule has 0 aromatic heterocycles. The van der Waals surface area contributed by atoms with Crippen LogP contribution in [0, 0.1) is 3.57 Å². The van der Waals surface area contributed by atoms with Crippen molar-refractivity contribution in [2.24, 2.45) is 0 Å². The van der Waals surface area contributed by atoms with E-state index in [4.69, 9.17) is 4.74 Å². The van der Waals surface area contributed by atoms with E-state index in [1.165, 1.54) is 30.3 Å². The second-order valence-corrected chi connectivity index (χ2v) is 6.92. The molecule has 0 saturated heterocycles. The SMILES string of the molecule is Oc1cc(-c2ccc(OC(F)(F)F)cc2)ccc1OCc1ccc(I)cc1.